The molecule has 0 radical (unpaired) electrons. The molecule has 2 heterocycles. The fourth-order valence-electron chi connectivity index (χ4n) is 3.09. The Kier molecular flexibility index (Phi) is 6.05. The summed E-state index contributed by atoms with van der Waals surface area (Å²) in [5.41, 5.74) is 0.0311. The van der Waals surface area contributed by atoms with Crippen molar-refractivity contribution >= 4 is 5.97 Å². The molecular formula is C15H19N2NaO3. The van der Waals surface area contributed by atoms with Crippen LogP contribution in [0.3, 0.4) is 0 Å². The second-order valence-electron chi connectivity index (χ2n) is 5.63. The van der Waals surface area contributed by atoms with Crippen LogP contribution in [0.4, 0.5) is 0 Å². The van der Waals surface area contributed by atoms with Gasteiger partial charge in [-0.1, -0.05) is 19.3 Å². The molecule has 0 atom stereocenters. The van der Waals surface area contributed by atoms with Crippen LogP contribution in [0.5, 0.6) is 5.88 Å². The number of aromatic nitrogens is 1. The Morgan fingerprint density at radius 2 is 2.00 bits per heavy atom. The van der Waals surface area contributed by atoms with Crippen LogP contribution in [0.15, 0.2) is 18.3 Å². The van der Waals surface area contributed by atoms with Gasteiger partial charge in [-0.25, -0.2) is 4.98 Å². The summed E-state index contributed by atoms with van der Waals surface area (Å²) in [5, 5.41) is 11.0. The van der Waals surface area contributed by atoms with E-state index in [9.17, 15) is 9.90 Å². The van der Waals surface area contributed by atoms with E-state index in [1.54, 1.807) is 12.3 Å². The number of nitrogens with zero attached hydrogens (tertiary/aromatic N) is 2. The minimum absolute atomic E-state index is 0. The number of carboxylic acids is 1. The standard InChI is InChI=1S/C15H20N2O3.Na/c18-15(19)13-7-4-8-16-14(13)20-12-9-17(10-12)11-5-2-1-3-6-11;/h4,7-8,11-12H,1-3,5-6,9-10H2,(H,18,19);/q;+1/p-1. The molecule has 3 rings (SSSR count). The Morgan fingerprint density at radius 1 is 1.29 bits per heavy atom. The first-order valence-corrected chi connectivity index (χ1v) is 7.31. The molecule has 1 saturated carbocycles. The van der Waals surface area contributed by atoms with E-state index < -0.39 is 5.97 Å². The monoisotopic (exact) mass is 298 g/mol. The number of carbonyl (C=O) groups is 1. The van der Waals surface area contributed by atoms with Crippen molar-refractivity contribution in [2.75, 3.05) is 13.1 Å². The SMILES string of the molecule is O=C([O-])c1cccnc1OC1CN(C2CCCCC2)C1.[Na+]. The number of carbonyl (C=O) groups excluding carboxylic acids is 1. The zero-order valence-corrected chi connectivity index (χ0v) is 14.5. The van der Waals surface area contributed by atoms with Gasteiger partial charge in [-0.05, 0) is 25.0 Å². The molecule has 0 unspecified atom stereocenters. The fourth-order valence-corrected chi connectivity index (χ4v) is 3.09. The molecule has 1 aliphatic carbocycles. The van der Waals surface area contributed by atoms with E-state index in [2.05, 4.69) is 9.88 Å². The quantitative estimate of drug-likeness (QED) is 0.593. The second-order valence-corrected chi connectivity index (χ2v) is 5.63. The Morgan fingerprint density at radius 3 is 2.67 bits per heavy atom. The topological polar surface area (TPSA) is 65.5 Å². The molecule has 1 aromatic heterocycles. The third-order valence-electron chi connectivity index (χ3n) is 4.24. The summed E-state index contributed by atoms with van der Waals surface area (Å²) in [4.78, 5) is 17.4. The van der Waals surface area contributed by atoms with Gasteiger partial charge in [0.1, 0.15) is 6.10 Å². The molecule has 0 bridgehead atoms. The maximum Gasteiger partial charge on any atom is 1.00 e. The average molecular weight is 298 g/mol. The van der Waals surface area contributed by atoms with E-state index in [1.807, 2.05) is 0 Å². The van der Waals surface area contributed by atoms with Crippen LogP contribution < -0.4 is 39.4 Å². The zero-order chi connectivity index (χ0) is 13.9. The van der Waals surface area contributed by atoms with Crippen LogP contribution in [-0.2, 0) is 0 Å². The Hall–Kier alpha value is -0.620. The predicted octanol–water partition coefficient (Wildman–Crippen LogP) is -2.16. The van der Waals surface area contributed by atoms with Crippen LogP contribution in [0.1, 0.15) is 42.5 Å². The van der Waals surface area contributed by atoms with Crippen molar-refractivity contribution in [1.82, 2.24) is 9.88 Å². The summed E-state index contributed by atoms with van der Waals surface area (Å²) in [6, 6.07) is 3.73. The molecule has 5 nitrogen and oxygen atoms in total. The first kappa shape index (κ1) is 16.7. The summed E-state index contributed by atoms with van der Waals surface area (Å²) in [6.07, 6.45) is 8.14. The number of ether oxygens (including phenoxy) is 1. The maximum absolute atomic E-state index is 11.0. The minimum atomic E-state index is -1.24. The van der Waals surface area contributed by atoms with Gasteiger partial charge in [-0.3, -0.25) is 4.90 Å². The smallest absolute Gasteiger partial charge is 0.545 e. The number of aromatic carboxylic acids is 1. The first-order valence-electron chi connectivity index (χ1n) is 7.31. The van der Waals surface area contributed by atoms with Gasteiger partial charge in [0.15, 0.2) is 0 Å². The maximum atomic E-state index is 11.0. The molecule has 1 saturated heterocycles. The van der Waals surface area contributed by atoms with Crippen molar-refractivity contribution in [3.63, 3.8) is 0 Å². The average Bonchev–Trinajstić information content (AvgIpc) is 2.43. The third kappa shape index (κ3) is 3.97. The van der Waals surface area contributed by atoms with E-state index >= 15 is 0 Å². The first-order chi connectivity index (χ1) is 9.74. The number of hydrogen-bond acceptors (Lipinski definition) is 5. The van der Waals surface area contributed by atoms with Crippen molar-refractivity contribution < 1.29 is 44.2 Å². The van der Waals surface area contributed by atoms with Gasteiger partial charge in [0.05, 0.1) is 11.5 Å². The van der Waals surface area contributed by atoms with Crippen molar-refractivity contribution in [1.29, 1.82) is 0 Å². The van der Waals surface area contributed by atoms with Gasteiger partial charge in [0, 0.05) is 25.3 Å². The molecule has 0 spiro atoms. The molecule has 1 aromatic rings. The number of likely N-dealkylation sites (tertiary alicyclic amines) is 1. The summed E-state index contributed by atoms with van der Waals surface area (Å²) >= 11 is 0. The normalized spacial score (nSPS) is 20.4. The molecule has 0 amide bonds. The predicted molar refractivity (Wildman–Crippen MR) is 71.4 cm³/mol. The van der Waals surface area contributed by atoms with Gasteiger partial charge >= 0.3 is 29.6 Å². The zero-order valence-electron chi connectivity index (χ0n) is 12.5. The van der Waals surface area contributed by atoms with E-state index in [-0.39, 0.29) is 47.1 Å². The summed E-state index contributed by atoms with van der Waals surface area (Å²) < 4.78 is 5.69. The molecular weight excluding hydrogens is 279 g/mol. The van der Waals surface area contributed by atoms with E-state index in [1.165, 1.54) is 38.2 Å². The van der Waals surface area contributed by atoms with Gasteiger partial charge in [-0.15, -0.1) is 0 Å². The molecule has 21 heavy (non-hydrogen) atoms. The van der Waals surface area contributed by atoms with Crippen LogP contribution >= 0.6 is 0 Å². The Labute approximate surface area is 147 Å². The van der Waals surface area contributed by atoms with Gasteiger partial charge in [0.25, 0.3) is 0 Å². The number of pyridine rings is 1. The molecule has 108 valence electrons. The molecule has 1 aliphatic heterocycles. The number of hydrogen-bond donors (Lipinski definition) is 0. The van der Waals surface area contributed by atoms with Crippen LogP contribution in [0, 0.1) is 0 Å². The van der Waals surface area contributed by atoms with E-state index in [0.717, 1.165) is 13.1 Å². The number of carboxylic acid groups (broad SMARTS) is 1. The van der Waals surface area contributed by atoms with Crippen LogP contribution in [0.25, 0.3) is 0 Å². The van der Waals surface area contributed by atoms with Crippen molar-refractivity contribution in [2.24, 2.45) is 0 Å². The van der Waals surface area contributed by atoms with Crippen molar-refractivity contribution in [2.45, 2.75) is 44.2 Å². The summed E-state index contributed by atoms with van der Waals surface area (Å²) in [7, 11) is 0. The van der Waals surface area contributed by atoms with E-state index in [4.69, 9.17) is 4.74 Å². The molecule has 6 heteroatoms. The van der Waals surface area contributed by atoms with Crippen LogP contribution in [0.2, 0.25) is 0 Å². The van der Waals surface area contributed by atoms with Crippen molar-refractivity contribution in [3.05, 3.63) is 23.9 Å². The van der Waals surface area contributed by atoms with Gasteiger partial charge in [0.2, 0.25) is 5.88 Å². The molecule has 0 aromatic carbocycles. The van der Waals surface area contributed by atoms with Crippen LogP contribution in [-0.4, -0.2) is 41.1 Å². The van der Waals surface area contributed by atoms with E-state index in [0.29, 0.717) is 6.04 Å². The van der Waals surface area contributed by atoms with Crippen molar-refractivity contribution in [3.8, 4) is 5.88 Å². The number of rotatable bonds is 4. The molecule has 2 aliphatic rings. The Balaban J connectivity index is 0.00000161. The van der Waals surface area contributed by atoms with Gasteiger partial charge in [-0.2, -0.15) is 0 Å². The third-order valence-corrected chi connectivity index (χ3v) is 4.24. The largest absolute Gasteiger partial charge is 1.00 e. The summed E-state index contributed by atoms with van der Waals surface area (Å²) in [5.74, 6) is -1.06. The minimum Gasteiger partial charge on any atom is -0.545 e. The second kappa shape index (κ2) is 7.58. The molecule has 2 fully saturated rings. The Bertz CT molecular complexity index is 486. The molecule has 0 N–H and O–H groups in total. The van der Waals surface area contributed by atoms with Gasteiger partial charge < -0.3 is 14.6 Å². The fraction of sp³-hybridized carbons (Fsp3) is 0.600. The summed E-state index contributed by atoms with van der Waals surface area (Å²) in [6.45, 7) is 1.74.